The van der Waals surface area contributed by atoms with E-state index in [1.165, 1.54) is 0 Å². The number of amides is 1. The molecule has 1 atom stereocenters. The first-order chi connectivity index (χ1) is 10.1. The van der Waals surface area contributed by atoms with Crippen LogP contribution >= 0.6 is 0 Å². The molecule has 0 bridgehead atoms. The minimum absolute atomic E-state index is 0.0197. The fraction of sp³-hybridized carbons (Fsp3) is 0.500. The van der Waals surface area contributed by atoms with Gasteiger partial charge in [0.1, 0.15) is 5.92 Å². The predicted molar refractivity (Wildman–Crippen MR) is 82.1 cm³/mol. The second kappa shape index (κ2) is 7.11. The summed E-state index contributed by atoms with van der Waals surface area (Å²) in [5, 5.41) is 12.0. The van der Waals surface area contributed by atoms with Crippen molar-refractivity contribution in [3.05, 3.63) is 35.9 Å². The van der Waals surface area contributed by atoms with Crippen LogP contribution in [0.4, 0.5) is 0 Å². The molecule has 5 nitrogen and oxygen atoms in total. The van der Waals surface area contributed by atoms with Crippen LogP contribution < -0.4 is 5.73 Å². The van der Waals surface area contributed by atoms with Gasteiger partial charge in [-0.3, -0.25) is 4.79 Å². The van der Waals surface area contributed by atoms with E-state index in [0.29, 0.717) is 6.42 Å². The van der Waals surface area contributed by atoms with Gasteiger partial charge in [0.2, 0.25) is 5.91 Å². The zero-order chi connectivity index (χ0) is 15.2. The monoisotopic (exact) mass is 289 g/mol. The topological polar surface area (TPSA) is 78.9 Å². The number of rotatable bonds is 5. The molecule has 1 fully saturated rings. The van der Waals surface area contributed by atoms with E-state index in [0.717, 1.165) is 31.2 Å². The van der Waals surface area contributed by atoms with Crippen molar-refractivity contribution in [1.82, 2.24) is 4.90 Å². The predicted octanol–water partition coefficient (Wildman–Crippen LogP) is 1.99. The van der Waals surface area contributed by atoms with Crippen LogP contribution in [0.2, 0.25) is 0 Å². The molecule has 3 N–H and O–H groups in total. The van der Waals surface area contributed by atoms with Crippen LogP contribution in [0.15, 0.2) is 35.5 Å². The third-order valence-corrected chi connectivity index (χ3v) is 4.27. The van der Waals surface area contributed by atoms with Gasteiger partial charge in [-0.25, -0.2) is 0 Å². The van der Waals surface area contributed by atoms with Gasteiger partial charge in [-0.1, -0.05) is 48.3 Å². The Labute approximate surface area is 125 Å². The number of hydrogen-bond donors (Lipinski definition) is 2. The molecule has 0 saturated heterocycles. The maximum atomic E-state index is 12.7. The van der Waals surface area contributed by atoms with E-state index in [2.05, 4.69) is 5.16 Å². The van der Waals surface area contributed by atoms with E-state index >= 15 is 0 Å². The molecule has 21 heavy (non-hydrogen) atoms. The van der Waals surface area contributed by atoms with Crippen LogP contribution in [0.25, 0.3) is 0 Å². The second-order valence-electron chi connectivity index (χ2n) is 5.65. The van der Waals surface area contributed by atoms with Crippen molar-refractivity contribution in [1.29, 1.82) is 0 Å². The van der Waals surface area contributed by atoms with E-state index in [4.69, 9.17) is 10.9 Å². The van der Waals surface area contributed by atoms with Crippen molar-refractivity contribution in [2.45, 2.75) is 38.1 Å². The summed E-state index contributed by atoms with van der Waals surface area (Å²) in [7, 11) is 1.82. The molecule has 0 spiro atoms. The zero-order valence-corrected chi connectivity index (χ0v) is 12.4. The third kappa shape index (κ3) is 3.74. The van der Waals surface area contributed by atoms with Gasteiger partial charge in [0.05, 0.1) is 0 Å². The molecule has 2 rings (SSSR count). The van der Waals surface area contributed by atoms with Crippen LogP contribution in [-0.4, -0.2) is 34.9 Å². The lowest BCUT2D eigenvalue weighted by molar-refractivity contribution is -0.134. The van der Waals surface area contributed by atoms with E-state index in [-0.39, 0.29) is 17.8 Å². The van der Waals surface area contributed by atoms with Crippen molar-refractivity contribution in [2.75, 3.05) is 7.05 Å². The van der Waals surface area contributed by atoms with Gasteiger partial charge in [-0.05, 0) is 24.8 Å². The molecule has 0 aromatic heterocycles. The average molecular weight is 289 g/mol. The third-order valence-electron chi connectivity index (χ3n) is 4.27. The zero-order valence-electron chi connectivity index (χ0n) is 12.4. The fourth-order valence-electron chi connectivity index (χ4n) is 2.96. The van der Waals surface area contributed by atoms with Gasteiger partial charge >= 0.3 is 0 Å². The Hall–Kier alpha value is -2.04. The minimum atomic E-state index is -0.608. The number of nitrogens with zero attached hydrogens (tertiary/aromatic N) is 2. The Morgan fingerprint density at radius 1 is 1.38 bits per heavy atom. The van der Waals surface area contributed by atoms with Crippen LogP contribution in [-0.2, 0) is 11.2 Å². The minimum Gasteiger partial charge on any atom is -0.409 e. The molecule has 1 amide bonds. The Balaban J connectivity index is 2.13. The van der Waals surface area contributed by atoms with Gasteiger partial charge in [-0.15, -0.1) is 0 Å². The molecule has 114 valence electrons. The van der Waals surface area contributed by atoms with Crippen molar-refractivity contribution in [2.24, 2.45) is 16.8 Å². The molecule has 0 heterocycles. The van der Waals surface area contributed by atoms with Gasteiger partial charge < -0.3 is 15.8 Å². The van der Waals surface area contributed by atoms with Gasteiger partial charge in [0, 0.05) is 13.1 Å². The first kappa shape index (κ1) is 15.4. The summed E-state index contributed by atoms with van der Waals surface area (Å²) in [6, 6.07) is 9.94. The summed E-state index contributed by atoms with van der Waals surface area (Å²) in [5.74, 6) is -0.697. The number of nitrogens with two attached hydrogens (primary N) is 1. The molecular weight excluding hydrogens is 266 g/mol. The number of hydrogen-bond acceptors (Lipinski definition) is 3. The molecule has 1 aromatic rings. The quantitative estimate of drug-likeness (QED) is 0.376. The summed E-state index contributed by atoms with van der Waals surface area (Å²) in [5.41, 5.74) is 6.76. The molecule has 1 saturated carbocycles. The van der Waals surface area contributed by atoms with Gasteiger partial charge in [-0.2, -0.15) is 0 Å². The maximum Gasteiger partial charge on any atom is 0.233 e. The smallest absolute Gasteiger partial charge is 0.233 e. The number of oxime groups is 1. The summed E-state index contributed by atoms with van der Waals surface area (Å²) in [6.07, 6.45) is 4.85. The molecular formula is C16H23N3O2. The van der Waals surface area contributed by atoms with Crippen LogP contribution in [0.1, 0.15) is 31.2 Å². The first-order valence-corrected chi connectivity index (χ1v) is 7.41. The Kier molecular flexibility index (Phi) is 5.20. The Morgan fingerprint density at radius 3 is 2.57 bits per heavy atom. The summed E-state index contributed by atoms with van der Waals surface area (Å²) in [6.45, 7) is 0. The highest BCUT2D eigenvalue weighted by Crippen LogP contribution is 2.24. The van der Waals surface area contributed by atoms with Crippen LogP contribution in [0.5, 0.6) is 0 Å². The fourth-order valence-corrected chi connectivity index (χ4v) is 2.96. The second-order valence-corrected chi connectivity index (χ2v) is 5.65. The Bertz CT molecular complexity index is 496. The van der Waals surface area contributed by atoms with E-state index in [1.807, 2.05) is 37.4 Å². The first-order valence-electron chi connectivity index (χ1n) is 7.41. The summed E-state index contributed by atoms with van der Waals surface area (Å²) in [4.78, 5) is 14.5. The van der Waals surface area contributed by atoms with Crippen molar-refractivity contribution >= 4 is 11.7 Å². The standard InChI is InChI=1S/C16H23N3O2/c1-19(13-9-5-6-10-13)16(20)14(15(17)18-21)11-12-7-3-2-4-8-12/h2-4,7-8,13-14,21H,5-6,9-11H2,1H3,(H2,17,18). The van der Waals surface area contributed by atoms with Gasteiger partial charge in [0.25, 0.3) is 0 Å². The van der Waals surface area contributed by atoms with E-state index in [1.54, 1.807) is 4.90 Å². The summed E-state index contributed by atoms with van der Waals surface area (Å²) < 4.78 is 0. The molecule has 1 aliphatic carbocycles. The highest BCUT2D eigenvalue weighted by molar-refractivity contribution is 6.02. The number of carbonyl (C=O) groups excluding carboxylic acids is 1. The SMILES string of the molecule is CN(C(=O)C(Cc1ccccc1)C(N)=NO)C1CCCC1. The highest BCUT2D eigenvalue weighted by Gasteiger charge is 2.31. The average Bonchev–Trinajstić information content (AvgIpc) is 3.06. The van der Waals surface area contributed by atoms with Crippen molar-refractivity contribution in [3.63, 3.8) is 0 Å². The lowest BCUT2D eigenvalue weighted by atomic mass is 9.96. The molecule has 0 radical (unpaired) electrons. The maximum absolute atomic E-state index is 12.7. The molecule has 1 unspecified atom stereocenters. The number of carbonyl (C=O) groups is 1. The van der Waals surface area contributed by atoms with E-state index < -0.39 is 5.92 Å². The van der Waals surface area contributed by atoms with Crippen molar-refractivity contribution in [3.8, 4) is 0 Å². The number of benzene rings is 1. The van der Waals surface area contributed by atoms with Crippen LogP contribution in [0.3, 0.4) is 0 Å². The van der Waals surface area contributed by atoms with Crippen molar-refractivity contribution < 1.29 is 10.0 Å². The molecule has 1 aromatic carbocycles. The normalized spacial score (nSPS) is 17.7. The van der Waals surface area contributed by atoms with Gasteiger partial charge in [0.15, 0.2) is 5.84 Å². The van der Waals surface area contributed by atoms with Crippen LogP contribution in [0, 0.1) is 5.92 Å². The molecule has 5 heteroatoms. The highest BCUT2D eigenvalue weighted by atomic mass is 16.4. The summed E-state index contributed by atoms with van der Waals surface area (Å²) >= 11 is 0. The molecule has 0 aliphatic heterocycles. The molecule has 1 aliphatic rings. The lowest BCUT2D eigenvalue weighted by Crippen LogP contribution is -2.44. The lowest BCUT2D eigenvalue weighted by Gasteiger charge is -2.28. The largest absolute Gasteiger partial charge is 0.409 e. The van der Waals surface area contributed by atoms with E-state index in [9.17, 15) is 4.79 Å². The number of amidine groups is 1. The Morgan fingerprint density at radius 2 is 2.00 bits per heavy atom.